The van der Waals surface area contributed by atoms with Crippen molar-refractivity contribution in [2.45, 2.75) is 63.2 Å². The van der Waals surface area contributed by atoms with Gasteiger partial charge in [-0.25, -0.2) is 9.78 Å². The summed E-state index contributed by atoms with van der Waals surface area (Å²) in [4.78, 5) is 66.2. The molecule has 4 unspecified atom stereocenters. The molecule has 0 aliphatic carbocycles. The van der Waals surface area contributed by atoms with Crippen LogP contribution in [0.1, 0.15) is 38.3 Å². The molecule has 1 rings (SSSR count). The zero-order valence-corrected chi connectivity index (χ0v) is 18.2. The predicted octanol–water partition coefficient (Wildman–Crippen LogP) is -2.56. The van der Waals surface area contributed by atoms with Crippen molar-refractivity contribution in [1.29, 1.82) is 0 Å². The van der Waals surface area contributed by atoms with Gasteiger partial charge in [0.2, 0.25) is 17.7 Å². The van der Waals surface area contributed by atoms with Crippen molar-refractivity contribution in [3.63, 3.8) is 0 Å². The summed E-state index contributed by atoms with van der Waals surface area (Å²) >= 11 is 0. The van der Waals surface area contributed by atoms with E-state index in [1.165, 1.54) is 19.4 Å². The lowest BCUT2D eigenvalue weighted by atomic mass is 10.1. The molecule has 33 heavy (non-hydrogen) atoms. The molecule has 184 valence electrons. The highest BCUT2D eigenvalue weighted by Gasteiger charge is 2.29. The van der Waals surface area contributed by atoms with Gasteiger partial charge in [0.1, 0.15) is 18.1 Å². The molecule has 0 bridgehead atoms. The number of hydrogen-bond donors (Lipinski definition) is 8. The van der Waals surface area contributed by atoms with E-state index in [2.05, 4.69) is 25.9 Å². The predicted molar refractivity (Wildman–Crippen MR) is 115 cm³/mol. The molecule has 0 saturated heterocycles. The molecule has 14 heteroatoms. The van der Waals surface area contributed by atoms with E-state index < -0.39 is 60.2 Å². The SMILES string of the molecule is CC(NC(=O)C(Cc1cnc[nH]1)NC(=O)C(N)CC(=O)O)C(=O)NC(CCCCN)C(=O)O. The number of unbranched alkanes of at least 4 members (excludes halogenated alkanes) is 1. The lowest BCUT2D eigenvalue weighted by Crippen LogP contribution is -2.57. The van der Waals surface area contributed by atoms with Crippen LogP contribution in [0, 0.1) is 0 Å². The van der Waals surface area contributed by atoms with Crippen LogP contribution >= 0.6 is 0 Å². The Hall–Kier alpha value is -3.52. The topological polar surface area (TPSA) is 243 Å². The van der Waals surface area contributed by atoms with E-state index in [0.717, 1.165) is 0 Å². The normalized spacial score (nSPS) is 14.4. The van der Waals surface area contributed by atoms with E-state index in [0.29, 0.717) is 25.1 Å². The molecule has 0 spiro atoms. The Bertz CT molecular complexity index is 815. The minimum Gasteiger partial charge on any atom is -0.481 e. The van der Waals surface area contributed by atoms with E-state index in [4.69, 9.17) is 16.6 Å². The average Bonchev–Trinajstić information content (AvgIpc) is 3.24. The van der Waals surface area contributed by atoms with Crippen molar-refractivity contribution in [1.82, 2.24) is 25.9 Å². The Labute approximate surface area is 189 Å². The van der Waals surface area contributed by atoms with Crippen LogP contribution in [0.4, 0.5) is 0 Å². The molecule has 1 aromatic rings. The Balaban J connectivity index is 2.81. The molecule has 14 nitrogen and oxygen atoms in total. The summed E-state index contributed by atoms with van der Waals surface area (Å²) in [7, 11) is 0. The third kappa shape index (κ3) is 10.1. The van der Waals surface area contributed by atoms with Gasteiger partial charge >= 0.3 is 11.9 Å². The fourth-order valence-electron chi connectivity index (χ4n) is 2.81. The number of amides is 3. The first-order valence-corrected chi connectivity index (χ1v) is 10.3. The van der Waals surface area contributed by atoms with Crippen LogP contribution in [-0.4, -0.2) is 80.6 Å². The van der Waals surface area contributed by atoms with Crippen LogP contribution in [-0.2, 0) is 30.4 Å². The number of carbonyl (C=O) groups excluding carboxylic acids is 3. The quantitative estimate of drug-likeness (QED) is 0.125. The van der Waals surface area contributed by atoms with Crippen LogP contribution in [0.2, 0.25) is 0 Å². The number of carboxylic acids is 2. The van der Waals surface area contributed by atoms with Crippen molar-refractivity contribution < 1.29 is 34.2 Å². The van der Waals surface area contributed by atoms with Gasteiger partial charge in [0.25, 0.3) is 0 Å². The Morgan fingerprint density at radius 3 is 2.24 bits per heavy atom. The first-order valence-electron chi connectivity index (χ1n) is 10.3. The minimum atomic E-state index is -1.38. The highest BCUT2D eigenvalue weighted by molar-refractivity contribution is 5.94. The van der Waals surface area contributed by atoms with Gasteiger partial charge in [-0.15, -0.1) is 0 Å². The Kier molecular flexibility index (Phi) is 11.5. The lowest BCUT2D eigenvalue weighted by molar-refractivity contribution is -0.142. The van der Waals surface area contributed by atoms with Gasteiger partial charge in [0.05, 0.1) is 18.8 Å². The standard InChI is InChI=1S/C19H31N7O7/c1-10(16(29)25-13(19(32)33)4-2-3-5-20)24-18(31)14(6-11-8-22-9-23-11)26-17(30)12(21)7-15(27)28/h8-10,12-14H,2-7,20-21H2,1H3,(H,22,23)(H,24,31)(H,25,29)(H,26,30)(H,27,28)(H,32,33). The molecule has 1 heterocycles. The number of imidazole rings is 1. The molecular formula is C19H31N7O7. The lowest BCUT2D eigenvalue weighted by Gasteiger charge is -2.23. The molecule has 0 aliphatic rings. The van der Waals surface area contributed by atoms with E-state index >= 15 is 0 Å². The highest BCUT2D eigenvalue weighted by atomic mass is 16.4. The van der Waals surface area contributed by atoms with Gasteiger partial charge in [0, 0.05) is 18.3 Å². The monoisotopic (exact) mass is 469 g/mol. The summed E-state index contributed by atoms with van der Waals surface area (Å²) in [6, 6.07) is -4.85. The summed E-state index contributed by atoms with van der Waals surface area (Å²) in [5, 5.41) is 25.2. The maximum Gasteiger partial charge on any atom is 0.326 e. The van der Waals surface area contributed by atoms with Gasteiger partial charge in [-0.2, -0.15) is 0 Å². The number of H-pyrrole nitrogens is 1. The minimum absolute atomic E-state index is 0.0391. The first-order chi connectivity index (χ1) is 15.5. The number of carboxylic acid groups (broad SMARTS) is 2. The third-order valence-electron chi connectivity index (χ3n) is 4.66. The van der Waals surface area contributed by atoms with Crippen LogP contribution in [0.15, 0.2) is 12.5 Å². The van der Waals surface area contributed by atoms with Crippen LogP contribution in [0.25, 0.3) is 0 Å². The molecule has 0 aromatic carbocycles. The second kappa shape index (κ2) is 13.8. The summed E-state index contributed by atoms with van der Waals surface area (Å²) in [6.45, 7) is 1.75. The number of aromatic nitrogens is 2. The van der Waals surface area contributed by atoms with Gasteiger partial charge in [-0.05, 0) is 32.7 Å². The fraction of sp³-hybridized carbons (Fsp3) is 0.579. The molecule has 1 aromatic heterocycles. The number of rotatable bonds is 15. The molecule has 10 N–H and O–H groups in total. The Morgan fingerprint density at radius 1 is 1.03 bits per heavy atom. The zero-order chi connectivity index (χ0) is 25.0. The summed E-state index contributed by atoms with van der Waals surface area (Å²) in [6.07, 6.45) is 3.41. The number of aromatic amines is 1. The van der Waals surface area contributed by atoms with Crippen molar-refractivity contribution >= 4 is 29.7 Å². The second-order valence-corrected chi connectivity index (χ2v) is 7.46. The van der Waals surface area contributed by atoms with Gasteiger partial charge in [0.15, 0.2) is 0 Å². The largest absolute Gasteiger partial charge is 0.481 e. The Morgan fingerprint density at radius 2 is 1.70 bits per heavy atom. The van der Waals surface area contributed by atoms with E-state index in [9.17, 15) is 29.1 Å². The van der Waals surface area contributed by atoms with Gasteiger partial charge in [-0.3, -0.25) is 19.2 Å². The fourth-order valence-corrected chi connectivity index (χ4v) is 2.81. The van der Waals surface area contributed by atoms with Crippen LogP contribution in [0.3, 0.4) is 0 Å². The first kappa shape index (κ1) is 27.5. The smallest absolute Gasteiger partial charge is 0.326 e. The van der Waals surface area contributed by atoms with Gasteiger partial charge in [-0.1, -0.05) is 0 Å². The summed E-state index contributed by atoms with van der Waals surface area (Å²) in [5.41, 5.74) is 11.4. The maximum absolute atomic E-state index is 12.8. The molecule has 0 radical (unpaired) electrons. The molecular weight excluding hydrogens is 438 g/mol. The zero-order valence-electron chi connectivity index (χ0n) is 18.2. The number of nitrogens with one attached hydrogen (secondary N) is 4. The number of aliphatic carboxylic acids is 2. The molecule has 0 aliphatic heterocycles. The van der Waals surface area contributed by atoms with Crippen molar-refractivity contribution in [2.75, 3.05) is 6.54 Å². The number of carbonyl (C=O) groups is 5. The summed E-state index contributed by atoms with van der Waals surface area (Å²) < 4.78 is 0. The van der Waals surface area contributed by atoms with E-state index in [1.807, 2.05) is 0 Å². The van der Waals surface area contributed by atoms with Crippen molar-refractivity contribution in [3.05, 3.63) is 18.2 Å². The third-order valence-corrected chi connectivity index (χ3v) is 4.66. The van der Waals surface area contributed by atoms with Crippen molar-refractivity contribution in [3.8, 4) is 0 Å². The maximum atomic E-state index is 12.8. The van der Waals surface area contributed by atoms with E-state index in [1.54, 1.807) is 0 Å². The van der Waals surface area contributed by atoms with Crippen LogP contribution < -0.4 is 27.4 Å². The second-order valence-electron chi connectivity index (χ2n) is 7.46. The van der Waals surface area contributed by atoms with Gasteiger partial charge < -0.3 is 42.6 Å². The van der Waals surface area contributed by atoms with E-state index in [-0.39, 0.29) is 12.8 Å². The molecule has 4 atom stereocenters. The molecule has 0 saturated carbocycles. The average molecular weight is 469 g/mol. The molecule has 3 amide bonds. The van der Waals surface area contributed by atoms with Crippen molar-refractivity contribution in [2.24, 2.45) is 11.5 Å². The molecule has 0 fully saturated rings. The number of nitrogens with two attached hydrogens (primary N) is 2. The number of nitrogens with zero attached hydrogens (tertiary/aromatic N) is 1. The summed E-state index contributed by atoms with van der Waals surface area (Å²) in [5.74, 6) is -4.83. The highest BCUT2D eigenvalue weighted by Crippen LogP contribution is 2.03. The number of hydrogen-bond acceptors (Lipinski definition) is 8. The van der Waals surface area contributed by atoms with Crippen LogP contribution in [0.5, 0.6) is 0 Å².